The number of nitrogens with one attached hydrogen (secondary N) is 3. The van der Waals surface area contributed by atoms with E-state index in [0.717, 1.165) is 74.6 Å². The molecule has 1 aromatic carbocycles. The number of amides is 4. The molecule has 3 atom stereocenters. The second-order valence-electron chi connectivity index (χ2n) is 15.5. The molecular formula is C36H59N6O3+. The summed E-state index contributed by atoms with van der Waals surface area (Å²) in [7, 11) is 6.64. The SMILES string of the molecule is C[N+](C)(C)CCCC[C@@H](NC1CCCCC1)C(=O)N1CC[C@@H](NC(=O)N2CCC3(CC2)CC3)[C@@H](C(=O)NCc2ccccc2)C1. The van der Waals surface area contributed by atoms with Gasteiger partial charge in [0, 0.05) is 44.8 Å². The second-order valence-corrected chi connectivity index (χ2v) is 15.5. The molecule has 4 fully saturated rings. The van der Waals surface area contributed by atoms with Gasteiger partial charge in [0.2, 0.25) is 11.8 Å². The van der Waals surface area contributed by atoms with E-state index in [1.807, 2.05) is 40.1 Å². The third-order valence-corrected chi connectivity index (χ3v) is 10.9. The van der Waals surface area contributed by atoms with Crippen molar-refractivity contribution in [2.24, 2.45) is 11.3 Å². The maximum atomic E-state index is 14.2. The molecule has 2 aliphatic carbocycles. The first kappa shape index (κ1) is 33.7. The minimum Gasteiger partial charge on any atom is -0.352 e. The Morgan fingerprint density at radius 1 is 0.889 bits per heavy atom. The van der Waals surface area contributed by atoms with E-state index in [-0.39, 0.29) is 29.9 Å². The smallest absolute Gasteiger partial charge is 0.317 e. The van der Waals surface area contributed by atoms with Gasteiger partial charge in [0.1, 0.15) is 0 Å². The number of urea groups is 1. The average molecular weight is 624 g/mol. The maximum absolute atomic E-state index is 14.2. The lowest BCUT2D eigenvalue weighted by atomic mass is 9.89. The predicted octanol–water partition coefficient (Wildman–Crippen LogP) is 4.27. The molecule has 9 nitrogen and oxygen atoms in total. The molecule has 4 aliphatic rings. The first-order chi connectivity index (χ1) is 21.6. The quantitative estimate of drug-likeness (QED) is 0.240. The van der Waals surface area contributed by atoms with Crippen LogP contribution in [0.1, 0.15) is 89.0 Å². The first-order valence-electron chi connectivity index (χ1n) is 17.8. The van der Waals surface area contributed by atoms with E-state index in [4.69, 9.17) is 0 Å². The minimum atomic E-state index is -0.497. The summed E-state index contributed by atoms with van der Waals surface area (Å²) in [6.07, 6.45) is 14.2. The van der Waals surface area contributed by atoms with Crippen molar-refractivity contribution in [1.82, 2.24) is 25.8 Å². The summed E-state index contributed by atoms with van der Waals surface area (Å²) in [5.74, 6) is -0.484. The molecule has 4 amide bonds. The van der Waals surface area contributed by atoms with Gasteiger partial charge in [0.15, 0.2) is 0 Å². The van der Waals surface area contributed by atoms with Gasteiger partial charge in [-0.25, -0.2) is 4.79 Å². The van der Waals surface area contributed by atoms with E-state index in [1.165, 1.54) is 32.1 Å². The van der Waals surface area contributed by atoms with Crippen LogP contribution in [0, 0.1) is 11.3 Å². The highest BCUT2D eigenvalue weighted by atomic mass is 16.2. The lowest BCUT2D eigenvalue weighted by Crippen LogP contribution is -2.61. The standard InChI is InChI=1S/C36H58N6O3/c1-42(2,3)25-11-10-16-32(38-29-14-8-5-9-15-29)34(44)41-22-17-31(39-35(45)40-23-20-36(18-19-36)21-24-40)30(27-41)33(43)37-26-28-12-6-4-7-13-28/h4,6-7,12-13,29-32,38H,5,8-11,14-27H2,1-3H3,(H-,37,39,43,45)/p+1/t30-,31+,32+/m0/s1. The highest BCUT2D eigenvalue weighted by Crippen LogP contribution is 2.53. The van der Waals surface area contributed by atoms with Crippen LogP contribution in [-0.2, 0) is 16.1 Å². The number of likely N-dealkylation sites (tertiary alicyclic amines) is 2. The molecule has 5 rings (SSSR count). The Morgan fingerprint density at radius 3 is 2.27 bits per heavy atom. The largest absolute Gasteiger partial charge is 0.352 e. The molecule has 0 aromatic heterocycles. The van der Waals surface area contributed by atoms with Crippen LogP contribution in [0.4, 0.5) is 4.79 Å². The summed E-state index contributed by atoms with van der Waals surface area (Å²) in [6.45, 7) is 3.97. The van der Waals surface area contributed by atoms with Crippen LogP contribution >= 0.6 is 0 Å². The fourth-order valence-electron chi connectivity index (χ4n) is 7.60. The third kappa shape index (κ3) is 9.92. The average Bonchev–Trinajstić information content (AvgIpc) is 3.80. The number of hydrogen-bond acceptors (Lipinski definition) is 4. The normalized spacial score (nSPS) is 24.2. The van der Waals surface area contributed by atoms with Gasteiger partial charge in [-0.2, -0.15) is 0 Å². The van der Waals surface area contributed by atoms with Crippen LogP contribution in [-0.4, -0.2) is 104 Å². The monoisotopic (exact) mass is 623 g/mol. The minimum absolute atomic E-state index is 0.0646. The van der Waals surface area contributed by atoms with Crippen LogP contribution in [0.25, 0.3) is 0 Å². The predicted molar refractivity (Wildman–Crippen MR) is 178 cm³/mol. The van der Waals surface area contributed by atoms with Crippen molar-refractivity contribution in [2.75, 3.05) is 53.9 Å². The van der Waals surface area contributed by atoms with E-state index >= 15 is 0 Å². The Morgan fingerprint density at radius 2 is 1.60 bits per heavy atom. The lowest BCUT2D eigenvalue weighted by molar-refractivity contribution is -0.870. The fraction of sp³-hybridized carbons (Fsp3) is 0.750. The van der Waals surface area contributed by atoms with Gasteiger partial charge in [-0.3, -0.25) is 9.59 Å². The molecule has 45 heavy (non-hydrogen) atoms. The molecular weight excluding hydrogens is 564 g/mol. The Bertz CT molecular complexity index is 1120. The summed E-state index contributed by atoms with van der Waals surface area (Å²) in [4.78, 5) is 45.2. The van der Waals surface area contributed by atoms with Crippen molar-refractivity contribution in [3.8, 4) is 0 Å². The van der Waals surface area contributed by atoms with Crippen molar-refractivity contribution >= 4 is 17.8 Å². The molecule has 9 heteroatoms. The zero-order valence-corrected chi connectivity index (χ0v) is 28.2. The van der Waals surface area contributed by atoms with Crippen molar-refractivity contribution in [3.63, 3.8) is 0 Å². The number of piperidine rings is 2. The van der Waals surface area contributed by atoms with Crippen LogP contribution in [0.5, 0.6) is 0 Å². The van der Waals surface area contributed by atoms with Crippen LogP contribution in [0.3, 0.4) is 0 Å². The molecule has 0 unspecified atom stereocenters. The lowest BCUT2D eigenvalue weighted by Gasteiger charge is -2.41. The highest BCUT2D eigenvalue weighted by molar-refractivity contribution is 5.85. The number of nitrogens with zero attached hydrogens (tertiary/aromatic N) is 3. The Kier molecular flexibility index (Phi) is 11.5. The van der Waals surface area contributed by atoms with E-state index in [2.05, 4.69) is 37.1 Å². The molecule has 2 saturated carbocycles. The molecule has 0 bridgehead atoms. The Hall–Kier alpha value is -2.65. The molecule has 2 saturated heterocycles. The number of benzene rings is 1. The van der Waals surface area contributed by atoms with Gasteiger partial charge in [-0.1, -0.05) is 49.6 Å². The van der Waals surface area contributed by atoms with Crippen LogP contribution < -0.4 is 16.0 Å². The van der Waals surface area contributed by atoms with Gasteiger partial charge in [0.05, 0.1) is 39.6 Å². The topological polar surface area (TPSA) is 93.8 Å². The number of hydrogen-bond donors (Lipinski definition) is 3. The van der Waals surface area contributed by atoms with Crippen molar-refractivity contribution in [3.05, 3.63) is 35.9 Å². The molecule has 3 N–H and O–H groups in total. The van der Waals surface area contributed by atoms with E-state index < -0.39 is 5.92 Å². The molecule has 0 radical (unpaired) electrons. The summed E-state index contributed by atoms with van der Waals surface area (Å²) in [5.41, 5.74) is 1.53. The van der Waals surface area contributed by atoms with Gasteiger partial charge < -0.3 is 30.2 Å². The summed E-state index contributed by atoms with van der Waals surface area (Å²) in [6, 6.07) is 9.68. The van der Waals surface area contributed by atoms with Gasteiger partial charge in [-0.05, 0) is 75.2 Å². The highest BCUT2D eigenvalue weighted by Gasteiger charge is 2.46. The number of unbranched alkanes of at least 4 members (excludes halogenated alkanes) is 1. The van der Waals surface area contributed by atoms with Crippen LogP contribution in [0.15, 0.2) is 30.3 Å². The molecule has 2 heterocycles. The molecule has 2 aliphatic heterocycles. The Labute approximate surface area is 271 Å². The summed E-state index contributed by atoms with van der Waals surface area (Å²) >= 11 is 0. The number of carbonyl (C=O) groups is 3. The first-order valence-corrected chi connectivity index (χ1v) is 17.8. The van der Waals surface area contributed by atoms with Crippen LogP contribution in [0.2, 0.25) is 0 Å². The summed E-state index contributed by atoms with van der Waals surface area (Å²) < 4.78 is 0.923. The van der Waals surface area contributed by atoms with Gasteiger partial charge in [-0.15, -0.1) is 0 Å². The second kappa shape index (κ2) is 15.3. The number of quaternary nitrogens is 1. The number of rotatable bonds is 12. The Balaban J connectivity index is 1.24. The van der Waals surface area contributed by atoms with E-state index in [9.17, 15) is 14.4 Å². The van der Waals surface area contributed by atoms with E-state index in [0.29, 0.717) is 37.5 Å². The molecule has 1 aromatic rings. The number of carbonyl (C=O) groups excluding carboxylic acids is 3. The maximum Gasteiger partial charge on any atom is 0.317 e. The van der Waals surface area contributed by atoms with Gasteiger partial charge >= 0.3 is 6.03 Å². The zero-order chi connectivity index (χ0) is 31.9. The van der Waals surface area contributed by atoms with Crippen molar-refractivity contribution in [1.29, 1.82) is 0 Å². The third-order valence-electron chi connectivity index (χ3n) is 10.9. The molecule has 250 valence electrons. The fourth-order valence-corrected chi connectivity index (χ4v) is 7.60. The van der Waals surface area contributed by atoms with E-state index in [1.54, 1.807) is 0 Å². The van der Waals surface area contributed by atoms with Gasteiger partial charge in [0.25, 0.3) is 0 Å². The zero-order valence-electron chi connectivity index (χ0n) is 28.2. The van der Waals surface area contributed by atoms with Crippen molar-refractivity contribution in [2.45, 2.75) is 108 Å². The summed E-state index contributed by atoms with van der Waals surface area (Å²) in [5, 5.41) is 10.1. The van der Waals surface area contributed by atoms with Crippen molar-refractivity contribution < 1.29 is 18.9 Å². The molecule has 1 spiro atoms.